The number of hydrogen-bond donors (Lipinski definition) is 1. The number of halogens is 1. The molecule has 0 fully saturated rings. The van der Waals surface area contributed by atoms with E-state index in [9.17, 15) is 5.11 Å². The zero-order valence-electron chi connectivity index (χ0n) is 8.74. The highest BCUT2D eigenvalue weighted by molar-refractivity contribution is 9.10. The number of ether oxygens (including phenoxy) is 1. The van der Waals surface area contributed by atoms with E-state index < -0.39 is 0 Å². The van der Waals surface area contributed by atoms with Crippen molar-refractivity contribution in [1.82, 2.24) is 0 Å². The van der Waals surface area contributed by atoms with Crippen LogP contribution in [0.2, 0.25) is 0 Å². The number of aliphatic hydroxyl groups is 1. The summed E-state index contributed by atoms with van der Waals surface area (Å²) in [5.41, 5.74) is 0.900. The Balaban J connectivity index is 2.24. The van der Waals surface area contributed by atoms with Crippen molar-refractivity contribution in [2.75, 3.05) is 0 Å². The maximum Gasteiger partial charge on any atom is 0.125 e. The average molecular weight is 271 g/mol. The summed E-state index contributed by atoms with van der Waals surface area (Å²) < 4.78 is 6.80. The summed E-state index contributed by atoms with van der Waals surface area (Å²) in [7, 11) is 0. The van der Waals surface area contributed by atoms with E-state index in [2.05, 4.69) is 22.9 Å². The summed E-state index contributed by atoms with van der Waals surface area (Å²) in [6.07, 6.45) is 2.58. The molecule has 15 heavy (non-hydrogen) atoms. The predicted molar refractivity (Wildman–Crippen MR) is 63.0 cm³/mol. The Labute approximate surface area is 98.4 Å². The number of fused-ring (bicyclic) bond motifs is 1. The van der Waals surface area contributed by atoms with Gasteiger partial charge in [-0.1, -0.05) is 29.3 Å². The SMILES string of the molecule is CCCC1C[C@H](O)c2cc(Br)ccc2O1. The zero-order chi connectivity index (χ0) is 10.8. The first-order chi connectivity index (χ1) is 7.20. The van der Waals surface area contributed by atoms with Gasteiger partial charge in [0.2, 0.25) is 0 Å². The topological polar surface area (TPSA) is 29.5 Å². The van der Waals surface area contributed by atoms with Crippen LogP contribution >= 0.6 is 15.9 Å². The van der Waals surface area contributed by atoms with Crippen LogP contribution in [-0.4, -0.2) is 11.2 Å². The molecule has 1 N–H and O–H groups in total. The Morgan fingerprint density at radius 3 is 3.07 bits per heavy atom. The third-order valence-electron chi connectivity index (χ3n) is 2.72. The summed E-state index contributed by atoms with van der Waals surface area (Å²) in [6, 6.07) is 5.80. The van der Waals surface area contributed by atoms with Crippen molar-refractivity contribution in [3.05, 3.63) is 28.2 Å². The Hall–Kier alpha value is -0.540. The Morgan fingerprint density at radius 1 is 1.53 bits per heavy atom. The first-order valence-electron chi connectivity index (χ1n) is 5.35. The molecule has 0 saturated carbocycles. The van der Waals surface area contributed by atoms with Gasteiger partial charge in [0.15, 0.2) is 0 Å². The van der Waals surface area contributed by atoms with Gasteiger partial charge in [-0.25, -0.2) is 0 Å². The van der Waals surface area contributed by atoms with Gasteiger partial charge in [0.1, 0.15) is 11.9 Å². The van der Waals surface area contributed by atoms with Crippen LogP contribution in [0.3, 0.4) is 0 Å². The highest BCUT2D eigenvalue weighted by atomic mass is 79.9. The molecule has 82 valence electrons. The fourth-order valence-corrected chi connectivity index (χ4v) is 2.37. The molecule has 0 saturated heterocycles. The normalized spacial score (nSPS) is 24.5. The van der Waals surface area contributed by atoms with Crippen LogP contribution in [0.4, 0.5) is 0 Å². The molecule has 2 nitrogen and oxygen atoms in total. The first kappa shape index (κ1) is 11.0. The van der Waals surface area contributed by atoms with Crippen LogP contribution in [0.5, 0.6) is 5.75 Å². The van der Waals surface area contributed by atoms with Crippen LogP contribution in [0.15, 0.2) is 22.7 Å². The maximum atomic E-state index is 9.98. The fraction of sp³-hybridized carbons (Fsp3) is 0.500. The van der Waals surface area contributed by atoms with E-state index in [0.717, 1.165) is 28.6 Å². The maximum absolute atomic E-state index is 9.98. The van der Waals surface area contributed by atoms with Crippen molar-refractivity contribution in [3.8, 4) is 5.75 Å². The third kappa shape index (κ3) is 2.34. The summed E-state index contributed by atoms with van der Waals surface area (Å²) in [5.74, 6) is 0.829. The molecule has 1 aliphatic heterocycles. The number of rotatable bonds is 2. The largest absolute Gasteiger partial charge is 0.490 e. The van der Waals surface area contributed by atoms with Gasteiger partial charge in [0.05, 0.1) is 6.10 Å². The van der Waals surface area contributed by atoms with E-state index in [1.165, 1.54) is 0 Å². The Bertz CT molecular complexity index is 351. The molecule has 1 aliphatic rings. The minimum absolute atomic E-state index is 0.165. The van der Waals surface area contributed by atoms with Crippen LogP contribution in [0.25, 0.3) is 0 Å². The van der Waals surface area contributed by atoms with Gasteiger partial charge in [-0.3, -0.25) is 0 Å². The summed E-state index contributed by atoms with van der Waals surface area (Å²) in [6.45, 7) is 2.13. The Morgan fingerprint density at radius 2 is 2.33 bits per heavy atom. The molecule has 1 unspecified atom stereocenters. The van der Waals surface area contributed by atoms with Gasteiger partial charge >= 0.3 is 0 Å². The van der Waals surface area contributed by atoms with Crippen LogP contribution in [0, 0.1) is 0 Å². The highest BCUT2D eigenvalue weighted by Crippen LogP contribution is 2.37. The second-order valence-electron chi connectivity index (χ2n) is 3.96. The lowest BCUT2D eigenvalue weighted by molar-refractivity contribution is 0.0614. The minimum Gasteiger partial charge on any atom is -0.490 e. The van der Waals surface area contributed by atoms with Gasteiger partial charge in [-0.2, -0.15) is 0 Å². The smallest absolute Gasteiger partial charge is 0.125 e. The molecule has 2 rings (SSSR count). The van der Waals surface area contributed by atoms with Gasteiger partial charge < -0.3 is 9.84 Å². The van der Waals surface area contributed by atoms with Gasteiger partial charge in [-0.15, -0.1) is 0 Å². The van der Waals surface area contributed by atoms with Crippen molar-refractivity contribution < 1.29 is 9.84 Å². The average Bonchev–Trinajstić information content (AvgIpc) is 2.20. The van der Waals surface area contributed by atoms with Crippen LogP contribution in [0.1, 0.15) is 37.9 Å². The van der Waals surface area contributed by atoms with Gasteiger partial charge in [0.25, 0.3) is 0 Å². The highest BCUT2D eigenvalue weighted by Gasteiger charge is 2.26. The molecule has 0 aliphatic carbocycles. The van der Waals surface area contributed by atoms with Crippen molar-refractivity contribution >= 4 is 15.9 Å². The summed E-state index contributed by atoms with van der Waals surface area (Å²) in [5, 5.41) is 9.98. The zero-order valence-corrected chi connectivity index (χ0v) is 10.3. The van der Waals surface area contributed by atoms with E-state index >= 15 is 0 Å². The fourth-order valence-electron chi connectivity index (χ4n) is 1.99. The standard InChI is InChI=1S/C12H15BrO2/c1-2-3-9-7-11(14)10-6-8(13)4-5-12(10)15-9/h4-6,9,11,14H,2-3,7H2,1H3/t9?,11-/m0/s1. The molecule has 2 atom stereocenters. The van der Waals surface area contributed by atoms with Crippen molar-refractivity contribution in [2.24, 2.45) is 0 Å². The predicted octanol–water partition coefficient (Wildman–Crippen LogP) is 3.43. The van der Waals surface area contributed by atoms with E-state index in [-0.39, 0.29) is 12.2 Å². The van der Waals surface area contributed by atoms with Gasteiger partial charge in [-0.05, 0) is 24.6 Å². The number of hydrogen-bond acceptors (Lipinski definition) is 2. The van der Waals surface area contributed by atoms with E-state index in [4.69, 9.17) is 4.74 Å². The second kappa shape index (κ2) is 4.54. The molecule has 0 amide bonds. The summed E-state index contributed by atoms with van der Waals surface area (Å²) in [4.78, 5) is 0. The lowest BCUT2D eigenvalue weighted by atomic mass is 9.97. The van der Waals surface area contributed by atoms with Crippen molar-refractivity contribution in [1.29, 1.82) is 0 Å². The van der Waals surface area contributed by atoms with Crippen LogP contribution in [-0.2, 0) is 0 Å². The molecule has 1 heterocycles. The number of aliphatic hydroxyl groups excluding tert-OH is 1. The quantitative estimate of drug-likeness (QED) is 0.892. The molecule has 0 bridgehead atoms. The molecule has 0 aromatic heterocycles. The van der Waals surface area contributed by atoms with E-state index in [0.29, 0.717) is 6.42 Å². The van der Waals surface area contributed by atoms with Crippen molar-refractivity contribution in [3.63, 3.8) is 0 Å². The molecular weight excluding hydrogens is 256 g/mol. The third-order valence-corrected chi connectivity index (χ3v) is 3.21. The van der Waals surface area contributed by atoms with E-state index in [1.54, 1.807) is 0 Å². The second-order valence-corrected chi connectivity index (χ2v) is 4.88. The van der Waals surface area contributed by atoms with Crippen LogP contribution < -0.4 is 4.74 Å². The van der Waals surface area contributed by atoms with Crippen molar-refractivity contribution in [2.45, 2.75) is 38.4 Å². The number of benzene rings is 1. The molecule has 0 radical (unpaired) electrons. The monoisotopic (exact) mass is 270 g/mol. The molecule has 3 heteroatoms. The molecule has 1 aromatic carbocycles. The molecular formula is C12H15BrO2. The first-order valence-corrected chi connectivity index (χ1v) is 6.14. The minimum atomic E-state index is -0.386. The Kier molecular flexibility index (Phi) is 3.32. The summed E-state index contributed by atoms with van der Waals surface area (Å²) >= 11 is 3.40. The van der Waals surface area contributed by atoms with Gasteiger partial charge in [0, 0.05) is 16.5 Å². The molecule has 1 aromatic rings. The lowest BCUT2D eigenvalue weighted by Crippen LogP contribution is -2.25. The van der Waals surface area contributed by atoms with E-state index in [1.807, 2.05) is 18.2 Å². The molecule has 0 spiro atoms. The lowest BCUT2D eigenvalue weighted by Gasteiger charge is -2.29.